The van der Waals surface area contributed by atoms with Gasteiger partial charge in [0.05, 0.1) is 13.2 Å². The van der Waals surface area contributed by atoms with E-state index >= 15 is 0 Å². The van der Waals surface area contributed by atoms with E-state index in [0.717, 1.165) is 37.5 Å². The highest BCUT2D eigenvalue weighted by molar-refractivity contribution is 5.49. The van der Waals surface area contributed by atoms with Gasteiger partial charge in [-0.1, -0.05) is 0 Å². The topological polar surface area (TPSA) is 39.7 Å². The van der Waals surface area contributed by atoms with Gasteiger partial charge in [-0.2, -0.15) is 0 Å². The van der Waals surface area contributed by atoms with Crippen molar-refractivity contribution in [2.75, 3.05) is 26.9 Å². The Morgan fingerprint density at radius 1 is 1.30 bits per heavy atom. The summed E-state index contributed by atoms with van der Waals surface area (Å²) in [5, 5.41) is 3.54. The number of benzene rings is 1. The first kappa shape index (κ1) is 13.7. The minimum Gasteiger partial charge on any atom is -0.493 e. The van der Waals surface area contributed by atoms with Crippen LogP contribution in [-0.4, -0.2) is 33.0 Å². The molecule has 0 unspecified atom stereocenters. The van der Waals surface area contributed by atoms with Gasteiger partial charge in [0.1, 0.15) is 18.1 Å². The molecule has 4 heteroatoms. The van der Waals surface area contributed by atoms with Crippen LogP contribution >= 0.6 is 0 Å². The molecular formula is C16H23NO3. The number of fused-ring (bicyclic) bond motifs is 1. The van der Waals surface area contributed by atoms with Gasteiger partial charge in [-0.3, -0.25) is 0 Å². The third-order valence-electron chi connectivity index (χ3n) is 3.77. The minimum absolute atomic E-state index is 0.586. The summed E-state index contributed by atoms with van der Waals surface area (Å²) >= 11 is 0. The van der Waals surface area contributed by atoms with Gasteiger partial charge in [0.2, 0.25) is 0 Å². The van der Waals surface area contributed by atoms with Crippen LogP contribution in [0.25, 0.3) is 0 Å². The van der Waals surface area contributed by atoms with Crippen molar-refractivity contribution in [3.05, 3.63) is 23.3 Å². The van der Waals surface area contributed by atoms with Gasteiger partial charge in [0, 0.05) is 25.3 Å². The van der Waals surface area contributed by atoms with Crippen molar-refractivity contribution in [3.8, 4) is 11.5 Å². The van der Waals surface area contributed by atoms with Crippen LogP contribution in [0.5, 0.6) is 11.5 Å². The Balaban J connectivity index is 1.74. The number of nitrogens with one attached hydrogen (secondary N) is 1. The molecule has 0 atom stereocenters. The van der Waals surface area contributed by atoms with Crippen molar-refractivity contribution in [2.24, 2.45) is 0 Å². The Labute approximate surface area is 120 Å². The fourth-order valence-electron chi connectivity index (χ4n) is 2.50. The standard InChI is InChI=1S/C16H23NO3/c1-18-7-8-20-16-10-12(11-17-13-4-5-13)9-15-14(16)3-2-6-19-15/h9-10,13,17H,2-8,11H2,1H3. The van der Waals surface area contributed by atoms with E-state index in [2.05, 4.69) is 17.4 Å². The highest BCUT2D eigenvalue weighted by Gasteiger charge is 2.21. The molecule has 0 radical (unpaired) electrons. The van der Waals surface area contributed by atoms with Gasteiger partial charge in [0.15, 0.2) is 0 Å². The molecule has 4 nitrogen and oxygen atoms in total. The van der Waals surface area contributed by atoms with Crippen LogP contribution in [0.4, 0.5) is 0 Å². The fourth-order valence-corrected chi connectivity index (χ4v) is 2.50. The molecule has 1 heterocycles. The number of methoxy groups -OCH3 is 1. The van der Waals surface area contributed by atoms with E-state index in [4.69, 9.17) is 14.2 Å². The van der Waals surface area contributed by atoms with E-state index < -0.39 is 0 Å². The highest BCUT2D eigenvalue weighted by atomic mass is 16.5. The lowest BCUT2D eigenvalue weighted by molar-refractivity contribution is 0.145. The monoisotopic (exact) mass is 277 g/mol. The third kappa shape index (κ3) is 3.44. The lowest BCUT2D eigenvalue weighted by atomic mass is 10.0. The molecule has 20 heavy (non-hydrogen) atoms. The maximum atomic E-state index is 5.88. The summed E-state index contributed by atoms with van der Waals surface area (Å²) in [6.07, 6.45) is 4.71. The van der Waals surface area contributed by atoms with Gasteiger partial charge in [-0.05, 0) is 43.4 Å². The van der Waals surface area contributed by atoms with Crippen molar-refractivity contribution in [3.63, 3.8) is 0 Å². The minimum atomic E-state index is 0.586. The Hall–Kier alpha value is -1.26. The molecule has 1 fully saturated rings. The van der Waals surface area contributed by atoms with E-state index in [1.165, 1.54) is 24.0 Å². The average Bonchev–Trinajstić information content (AvgIpc) is 3.29. The normalized spacial score (nSPS) is 17.4. The van der Waals surface area contributed by atoms with Gasteiger partial charge in [-0.15, -0.1) is 0 Å². The van der Waals surface area contributed by atoms with E-state index in [-0.39, 0.29) is 0 Å². The van der Waals surface area contributed by atoms with Crippen LogP contribution in [-0.2, 0) is 17.7 Å². The molecule has 0 amide bonds. The Morgan fingerprint density at radius 3 is 3.00 bits per heavy atom. The number of ether oxygens (including phenoxy) is 3. The molecule has 110 valence electrons. The lowest BCUT2D eigenvalue weighted by Gasteiger charge is -2.22. The van der Waals surface area contributed by atoms with E-state index in [0.29, 0.717) is 19.3 Å². The Bertz CT molecular complexity index is 457. The summed E-state index contributed by atoms with van der Waals surface area (Å²) in [5.74, 6) is 1.96. The molecule has 1 aliphatic heterocycles. The molecule has 0 bridgehead atoms. The maximum Gasteiger partial charge on any atom is 0.126 e. The van der Waals surface area contributed by atoms with Gasteiger partial charge >= 0.3 is 0 Å². The van der Waals surface area contributed by atoms with E-state index in [1.807, 2.05) is 0 Å². The first-order valence-corrected chi connectivity index (χ1v) is 7.50. The summed E-state index contributed by atoms with van der Waals surface area (Å²) in [5.41, 5.74) is 2.45. The number of rotatable bonds is 7. The predicted octanol–water partition coefficient (Wildman–Crippen LogP) is 2.29. The summed E-state index contributed by atoms with van der Waals surface area (Å²) < 4.78 is 16.7. The molecule has 1 aliphatic carbocycles. The van der Waals surface area contributed by atoms with Crippen LogP contribution in [0.3, 0.4) is 0 Å². The zero-order valence-electron chi connectivity index (χ0n) is 12.1. The smallest absolute Gasteiger partial charge is 0.126 e. The SMILES string of the molecule is COCCOc1cc(CNC2CC2)cc2c1CCCO2. The third-order valence-corrected chi connectivity index (χ3v) is 3.77. The molecule has 1 aromatic carbocycles. The second-order valence-corrected chi connectivity index (χ2v) is 5.52. The molecule has 0 aromatic heterocycles. The maximum absolute atomic E-state index is 5.88. The Kier molecular flexibility index (Phi) is 4.43. The zero-order chi connectivity index (χ0) is 13.8. The van der Waals surface area contributed by atoms with Crippen molar-refractivity contribution >= 4 is 0 Å². The largest absolute Gasteiger partial charge is 0.493 e. The highest BCUT2D eigenvalue weighted by Crippen LogP contribution is 2.35. The molecule has 1 saturated carbocycles. The summed E-state index contributed by atoms with van der Waals surface area (Å²) in [7, 11) is 1.69. The Morgan fingerprint density at radius 2 is 2.20 bits per heavy atom. The van der Waals surface area contributed by atoms with Crippen LogP contribution in [0, 0.1) is 0 Å². The van der Waals surface area contributed by atoms with Crippen molar-refractivity contribution in [1.82, 2.24) is 5.32 Å². The van der Waals surface area contributed by atoms with E-state index in [9.17, 15) is 0 Å². The van der Waals surface area contributed by atoms with Crippen molar-refractivity contribution in [2.45, 2.75) is 38.3 Å². The fraction of sp³-hybridized carbons (Fsp3) is 0.625. The molecular weight excluding hydrogens is 254 g/mol. The molecule has 0 spiro atoms. The zero-order valence-corrected chi connectivity index (χ0v) is 12.1. The van der Waals surface area contributed by atoms with Crippen LogP contribution in [0.1, 0.15) is 30.4 Å². The van der Waals surface area contributed by atoms with Gasteiger partial charge < -0.3 is 19.5 Å². The molecule has 1 N–H and O–H groups in total. The van der Waals surface area contributed by atoms with Gasteiger partial charge in [-0.25, -0.2) is 0 Å². The molecule has 2 aliphatic rings. The van der Waals surface area contributed by atoms with Crippen LogP contribution < -0.4 is 14.8 Å². The quantitative estimate of drug-likeness (QED) is 0.776. The summed E-state index contributed by atoms with van der Waals surface area (Å²) in [6, 6.07) is 5.02. The summed E-state index contributed by atoms with van der Waals surface area (Å²) in [6.45, 7) is 2.90. The van der Waals surface area contributed by atoms with Crippen molar-refractivity contribution < 1.29 is 14.2 Å². The predicted molar refractivity (Wildman–Crippen MR) is 77.5 cm³/mol. The van der Waals surface area contributed by atoms with Gasteiger partial charge in [0.25, 0.3) is 0 Å². The lowest BCUT2D eigenvalue weighted by Crippen LogP contribution is -2.17. The second kappa shape index (κ2) is 6.46. The average molecular weight is 277 g/mol. The number of hydrogen-bond donors (Lipinski definition) is 1. The molecule has 1 aromatic rings. The molecule has 0 saturated heterocycles. The van der Waals surface area contributed by atoms with Crippen LogP contribution in [0.2, 0.25) is 0 Å². The van der Waals surface area contributed by atoms with Crippen LogP contribution in [0.15, 0.2) is 12.1 Å². The van der Waals surface area contributed by atoms with E-state index in [1.54, 1.807) is 7.11 Å². The van der Waals surface area contributed by atoms with Crippen molar-refractivity contribution in [1.29, 1.82) is 0 Å². The summed E-state index contributed by atoms with van der Waals surface area (Å²) in [4.78, 5) is 0. The number of hydrogen-bond acceptors (Lipinski definition) is 4. The second-order valence-electron chi connectivity index (χ2n) is 5.52. The molecule has 3 rings (SSSR count). The first-order valence-electron chi connectivity index (χ1n) is 7.50. The first-order chi connectivity index (χ1) is 9.86.